The topological polar surface area (TPSA) is 92.7 Å². The maximum absolute atomic E-state index is 12.9. The van der Waals surface area contributed by atoms with Crippen molar-refractivity contribution in [3.63, 3.8) is 0 Å². The number of carbonyl (C=O) groups is 2. The molecule has 1 saturated heterocycles. The number of piperazine rings is 1. The zero-order chi connectivity index (χ0) is 22.8. The Labute approximate surface area is 191 Å². The molecule has 0 bridgehead atoms. The Hall–Kier alpha value is -3.59. The highest BCUT2D eigenvalue weighted by Gasteiger charge is 2.42. The number of nitrogens with one attached hydrogen (secondary N) is 1. The Balaban J connectivity index is 1.28. The molecule has 3 heterocycles. The number of hydrogen-bond donors (Lipinski definition) is 1. The molecule has 2 aromatic rings. The molecule has 3 aliphatic heterocycles. The standard InChI is InChI=1S/C24H26N4O5/c1-31-23(30)20-21(17-5-3-2-4-6-17)25-24(26-22(20)29)28-11-9-27(10-12-28)14-16-7-8-18-19(13-16)33-15-32-18/h2-8,13,20-21H,9-12,14-15H2,1H3,(H,25,26,29)/t20-,21-/m1/s1. The van der Waals surface area contributed by atoms with Gasteiger partial charge in [0.05, 0.1) is 7.11 Å². The van der Waals surface area contributed by atoms with E-state index in [0.717, 1.165) is 36.7 Å². The van der Waals surface area contributed by atoms with Crippen LogP contribution in [0.5, 0.6) is 11.5 Å². The van der Waals surface area contributed by atoms with Crippen molar-refractivity contribution in [3.05, 3.63) is 59.7 Å². The number of nitrogens with zero attached hydrogens (tertiary/aromatic N) is 3. The maximum atomic E-state index is 12.9. The van der Waals surface area contributed by atoms with E-state index in [1.807, 2.05) is 42.5 Å². The third kappa shape index (κ3) is 4.36. The molecular formula is C24H26N4O5. The zero-order valence-electron chi connectivity index (χ0n) is 18.4. The minimum Gasteiger partial charge on any atom is -0.468 e. The summed E-state index contributed by atoms with van der Waals surface area (Å²) in [4.78, 5) is 34.4. The fraction of sp³-hybridized carbons (Fsp3) is 0.375. The van der Waals surface area contributed by atoms with Gasteiger partial charge in [0.2, 0.25) is 18.7 Å². The minimum atomic E-state index is -1.01. The molecular weight excluding hydrogens is 424 g/mol. The van der Waals surface area contributed by atoms with Gasteiger partial charge < -0.3 is 19.1 Å². The second-order valence-electron chi connectivity index (χ2n) is 8.25. The van der Waals surface area contributed by atoms with Gasteiger partial charge in [0, 0.05) is 32.7 Å². The molecule has 172 valence electrons. The molecule has 9 nitrogen and oxygen atoms in total. The zero-order valence-corrected chi connectivity index (χ0v) is 18.4. The van der Waals surface area contributed by atoms with Crippen molar-refractivity contribution in [2.45, 2.75) is 12.6 Å². The van der Waals surface area contributed by atoms with Crippen LogP contribution < -0.4 is 14.8 Å². The van der Waals surface area contributed by atoms with Gasteiger partial charge in [-0.15, -0.1) is 0 Å². The Morgan fingerprint density at radius 3 is 2.61 bits per heavy atom. The van der Waals surface area contributed by atoms with E-state index in [1.54, 1.807) is 0 Å². The molecule has 0 spiro atoms. The molecule has 1 N–H and O–H groups in total. The van der Waals surface area contributed by atoms with Crippen LogP contribution >= 0.6 is 0 Å². The molecule has 9 heteroatoms. The number of benzene rings is 2. The van der Waals surface area contributed by atoms with Gasteiger partial charge >= 0.3 is 5.97 Å². The van der Waals surface area contributed by atoms with Crippen LogP contribution in [-0.2, 0) is 20.9 Å². The quantitative estimate of drug-likeness (QED) is 0.558. The van der Waals surface area contributed by atoms with Gasteiger partial charge in [0.1, 0.15) is 6.04 Å². The van der Waals surface area contributed by atoms with Crippen LogP contribution in [0.3, 0.4) is 0 Å². The summed E-state index contributed by atoms with van der Waals surface area (Å²) in [6.45, 7) is 4.15. The van der Waals surface area contributed by atoms with Crippen LogP contribution in [0, 0.1) is 5.92 Å². The number of fused-ring (bicyclic) bond motifs is 1. The molecule has 1 fully saturated rings. The number of guanidine groups is 1. The minimum absolute atomic E-state index is 0.270. The summed E-state index contributed by atoms with van der Waals surface area (Å²) in [6, 6.07) is 14.8. The van der Waals surface area contributed by atoms with Crippen molar-refractivity contribution in [2.24, 2.45) is 10.9 Å². The summed E-state index contributed by atoms with van der Waals surface area (Å²) in [5.74, 6) is 0.108. The van der Waals surface area contributed by atoms with Crippen LogP contribution in [0.25, 0.3) is 0 Å². The molecule has 0 saturated carbocycles. The van der Waals surface area contributed by atoms with Crippen molar-refractivity contribution in [1.82, 2.24) is 15.1 Å². The summed E-state index contributed by atoms with van der Waals surface area (Å²) >= 11 is 0. The molecule has 0 unspecified atom stereocenters. The van der Waals surface area contributed by atoms with Gasteiger partial charge in [-0.3, -0.25) is 19.8 Å². The van der Waals surface area contributed by atoms with Gasteiger partial charge in [0.15, 0.2) is 17.4 Å². The normalized spacial score (nSPS) is 22.5. The van der Waals surface area contributed by atoms with Crippen molar-refractivity contribution in [1.29, 1.82) is 0 Å². The number of rotatable bonds is 4. The predicted molar refractivity (Wildman–Crippen MR) is 120 cm³/mol. The fourth-order valence-corrected chi connectivity index (χ4v) is 4.43. The first-order valence-electron chi connectivity index (χ1n) is 11.0. The lowest BCUT2D eigenvalue weighted by molar-refractivity contribution is -0.151. The molecule has 2 atom stereocenters. The number of esters is 1. The number of amides is 1. The first kappa shape index (κ1) is 21.3. The van der Waals surface area contributed by atoms with Gasteiger partial charge in [-0.05, 0) is 23.3 Å². The van der Waals surface area contributed by atoms with Gasteiger partial charge in [-0.25, -0.2) is 4.99 Å². The van der Waals surface area contributed by atoms with Crippen molar-refractivity contribution < 1.29 is 23.8 Å². The van der Waals surface area contributed by atoms with E-state index in [4.69, 9.17) is 19.2 Å². The highest BCUT2D eigenvalue weighted by molar-refractivity contribution is 6.08. The van der Waals surface area contributed by atoms with E-state index < -0.39 is 17.9 Å². The lowest BCUT2D eigenvalue weighted by Crippen LogP contribution is -2.57. The second-order valence-corrected chi connectivity index (χ2v) is 8.25. The summed E-state index contributed by atoms with van der Waals surface area (Å²) in [7, 11) is 1.29. The number of aliphatic imine (C=N–C) groups is 1. The van der Waals surface area contributed by atoms with E-state index >= 15 is 0 Å². The first-order valence-corrected chi connectivity index (χ1v) is 11.0. The number of ether oxygens (including phenoxy) is 3. The fourth-order valence-electron chi connectivity index (χ4n) is 4.43. The Morgan fingerprint density at radius 1 is 1.09 bits per heavy atom. The summed E-state index contributed by atoms with van der Waals surface area (Å²) < 4.78 is 15.7. The van der Waals surface area contributed by atoms with Gasteiger partial charge in [-0.1, -0.05) is 36.4 Å². The molecule has 2 aromatic carbocycles. The van der Waals surface area contributed by atoms with E-state index in [2.05, 4.69) is 21.2 Å². The average Bonchev–Trinajstić information content (AvgIpc) is 3.32. The van der Waals surface area contributed by atoms with E-state index in [1.165, 1.54) is 12.7 Å². The summed E-state index contributed by atoms with van der Waals surface area (Å²) in [5, 5.41) is 2.83. The summed E-state index contributed by atoms with van der Waals surface area (Å²) in [6.07, 6.45) is 0. The number of hydrogen-bond acceptors (Lipinski definition) is 8. The predicted octanol–water partition coefficient (Wildman–Crippen LogP) is 1.55. The molecule has 33 heavy (non-hydrogen) atoms. The molecule has 3 aliphatic rings. The first-order chi connectivity index (χ1) is 16.1. The smallest absolute Gasteiger partial charge is 0.320 e. The number of methoxy groups -OCH3 is 1. The Morgan fingerprint density at radius 2 is 1.85 bits per heavy atom. The number of carbonyl (C=O) groups excluding carboxylic acids is 2. The average molecular weight is 450 g/mol. The van der Waals surface area contributed by atoms with Crippen LogP contribution in [0.4, 0.5) is 0 Å². The SMILES string of the molecule is COC(=O)[C@H]1C(=O)NC(N2CCN(Cc3ccc4c(c3)OCO4)CC2)=N[C@@H]1c1ccccc1. The Bertz CT molecular complexity index is 1070. The van der Waals surface area contributed by atoms with E-state index in [9.17, 15) is 9.59 Å². The monoisotopic (exact) mass is 450 g/mol. The lowest BCUT2D eigenvalue weighted by atomic mass is 9.91. The highest BCUT2D eigenvalue weighted by atomic mass is 16.7. The van der Waals surface area contributed by atoms with Crippen molar-refractivity contribution in [2.75, 3.05) is 40.1 Å². The maximum Gasteiger partial charge on any atom is 0.320 e. The molecule has 1 amide bonds. The molecule has 0 aliphatic carbocycles. The van der Waals surface area contributed by atoms with Crippen LogP contribution in [-0.4, -0.2) is 67.7 Å². The van der Waals surface area contributed by atoms with Crippen molar-refractivity contribution >= 4 is 17.8 Å². The van der Waals surface area contributed by atoms with E-state index in [0.29, 0.717) is 19.0 Å². The third-order valence-electron chi connectivity index (χ3n) is 6.21. The van der Waals surface area contributed by atoms with Crippen molar-refractivity contribution in [3.8, 4) is 11.5 Å². The molecule has 0 radical (unpaired) electrons. The van der Waals surface area contributed by atoms with Crippen LogP contribution in [0.15, 0.2) is 53.5 Å². The largest absolute Gasteiger partial charge is 0.468 e. The summed E-state index contributed by atoms with van der Waals surface area (Å²) in [5.41, 5.74) is 1.97. The second kappa shape index (κ2) is 9.11. The van der Waals surface area contributed by atoms with Gasteiger partial charge in [0.25, 0.3) is 0 Å². The molecule has 0 aromatic heterocycles. The van der Waals surface area contributed by atoms with Gasteiger partial charge in [-0.2, -0.15) is 0 Å². The van der Waals surface area contributed by atoms with Crippen LogP contribution in [0.1, 0.15) is 17.2 Å². The third-order valence-corrected chi connectivity index (χ3v) is 6.21. The lowest BCUT2D eigenvalue weighted by Gasteiger charge is -2.39. The van der Waals surface area contributed by atoms with E-state index in [-0.39, 0.29) is 12.7 Å². The molecule has 5 rings (SSSR count). The highest BCUT2D eigenvalue weighted by Crippen LogP contribution is 2.33. The van der Waals surface area contributed by atoms with Crippen LogP contribution in [0.2, 0.25) is 0 Å². The Kier molecular flexibility index (Phi) is 5.87.